The van der Waals surface area contributed by atoms with Gasteiger partial charge in [-0.25, -0.2) is 4.68 Å². The lowest BCUT2D eigenvalue weighted by atomic mass is 10.0. The summed E-state index contributed by atoms with van der Waals surface area (Å²) in [5.41, 5.74) is 0.859. The van der Waals surface area contributed by atoms with E-state index < -0.39 is 6.04 Å². The number of nitrogens with one attached hydrogen (secondary N) is 1. The van der Waals surface area contributed by atoms with Crippen LogP contribution in [-0.2, 0) is 11.3 Å². The second-order valence-electron chi connectivity index (χ2n) is 9.91. The third-order valence-corrected chi connectivity index (χ3v) is 7.58. The molecule has 2 aliphatic heterocycles. The highest BCUT2D eigenvalue weighted by molar-refractivity contribution is 5.91. The molecule has 4 aromatic rings. The molecule has 2 saturated heterocycles. The summed E-state index contributed by atoms with van der Waals surface area (Å²) < 4.78 is 23.8. The van der Waals surface area contributed by atoms with Crippen molar-refractivity contribution >= 4 is 16.8 Å². The van der Waals surface area contributed by atoms with Gasteiger partial charge in [-0.1, -0.05) is 0 Å². The first-order chi connectivity index (χ1) is 19.6. The molecule has 2 aliphatic rings. The molecular weight excluding hydrogens is 518 g/mol. The molecule has 1 N–H and O–H groups in total. The summed E-state index contributed by atoms with van der Waals surface area (Å²) in [6, 6.07) is 8.23. The molecular formula is C27H31N7O6. The van der Waals surface area contributed by atoms with E-state index in [2.05, 4.69) is 25.4 Å². The molecule has 5 heterocycles. The maximum Gasteiger partial charge on any atom is 0.289 e. The zero-order valence-corrected chi connectivity index (χ0v) is 22.4. The Kier molecular flexibility index (Phi) is 7.22. The van der Waals surface area contributed by atoms with Crippen molar-refractivity contribution in [1.82, 2.24) is 35.0 Å². The highest BCUT2D eigenvalue weighted by atomic mass is 16.5. The Morgan fingerprint density at radius 2 is 1.95 bits per heavy atom. The van der Waals surface area contributed by atoms with E-state index in [1.54, 1.807) is 42.0 Å². The molecule has 0 spiro atoms. The van der Waals surface area contributed by atoms with Crippen LogP contribution in [0, 0.1) is 0 Å². The van der Waals surface area contributed by atoms with Crippen molar-refractivity contribution in [1.29, 1.82) is 0 Å². The molecule has 3 aromatic heterocycles. The van der Waals surface area contributed by atoms with Crippen molar-refractivity contribution < 1.29 is 23.4 Å². The van der Waals surface area contributed by atoms with Gasteiger partial charge in [0.1, 0.15) is 6.04 Å². The number of H-pyrrole nitrogens is 1. The van der Waals surface area contributed by atoms with Crippen LogP contribution in [0.15, 0.2) is 45.8 Å². The predicted octanol–water partition coefficient (Wildman–Crippen LogP) is 1.85. The van der Waals surface area contributed by atoms with Crippen LogP contribution in [0.1, 0.15) is 40.8 Å². The van der Waals surface area contributed by atoms with Gasteiger partial charge in [-0.15, -0.1) is 5.10 Å². The molecule has 0 aliphatic carbocycles. The molecule has 0 radical (unpaired) electrons. The van der Waals surface area contributed by atoms with E-state index in [0.29, 0.717) is 73.5 Å². The normalized spacial score (nSPS) is 18.8. The van der Waals surface area contributed by atoms with Crippen LogP contribution in [0.2, 0.25) is 0 Å². The van der Waals surface area contributed by atoms with E-state index in [9.17, 15) is 9.59 Å². The Hall–Kier alpha value is -4.23. The first-order valence-corrected chi connectivity index (χ1v) is 13.3. The maximum atomic E-state index is 13.6. The minimum atomic E-state index is -0.557. The number of rotatable bonds is 8. The summed E-state index contributed by atoms with van der Waals surface area (Å²) in [4.78, 5) is 33.4. The fourth-order valence-electron chi connectivity index (χ4n) is 5.51. The number of aromatic amines is 1. The zero-order valence-electron chi connectivity index (χ0n) is 22.4. The second kappa shape index (κ2) is 11.1. The fraction of sp³-hybridized carbons (Fsp3) is 0.444. The van der Waals surface area contributed by atoms with Crippen molar-refractivity contribution in [2.24, 2.45) is 0 Å². The van der Waals surface area contributed by atoms with E-state index in [-0.39, 0.29) is 17.6 Å². The number of benzene rings is 1. The lowest BCUT2D eigenvalue weighted by molar-refractivity contribution is 0.0550. The predicted molar refractivity (Wildman–Crippen MR) is 142 cm³/mol. The van der Waals surface area contributed by atoms with E-state index in [4.69, 9.17) is 18.6 Å². The standard InChI is InChI=1S/C27H31N7O6/c1-37-22-14-17-13-19(26(35)28-20(17)15-23(22)38-2)24(25-29-30-31-34(25)16-18-5-3-11-39-18)32-7-9-33(10-8-32)27(36)21-6-4-12-40-21/h4,6,12-15,18,24H,3,5,7-11,16H2,1-2H3,(H,28,35)/t18-,24+/m1/s1. The molecule has 2 fully saturated rings. The van der Waals surface area contributed by atoms with Crippen LogP contribution in [0.25, 0.3) is 10.9 Å². The third-order valence-electron chi connectivity index (χ3n) is 7.58. The van der Waals surface area contributed by atoms with E-state index >= 15 is 0 Å². The molecule has 1 amide bonds. The topological polar surface area (TPSA) is 141 Å². The Bertz CT molecular complexity index is 1530. The molecule has 6 rings (SSSR count). The summed E-state index contributed by atoms with van der Waals surface area (Å²) in [6.45, 7) is 3.14. The highest BCUT2D eigenvalue weighted by Crippen LogP contribution is 2.33. The van der Waals surface area contributed by atoms with Crippen molar-refractivity contribution in [2.45, 2.75) is 31.5 Å². The molecule has 1 aromatic carbocycles. The number of aromatic nitrogens is 5. The summed E-state index contributed by atoms with van der Waals surface area (Å²) in [7, 11) is 3.12. The SMILES string of the molecule is COc1cc2cc([C@@H](c3nnnn3C[C@H]3CCCO3)N3CCN(C(=O)c4ccco4)CC3)c(=O)[nH]c2cc1OC. The Morgan fingerprint density at radius 3 is 2.65 bits per heavy atom. The van der Waals surface area contributed by atoms with Gasteiger partial charge in [-0.2, -0.15) is 0 Å². The second-order valence-corrected chi connectivity index (χ2v) is 9.91. The van der Waals surface area contributed by atoms with E-state index in [1.807, 2.05) is 12.1 Å². The van der Waals surface area contributed by atoms with Gasteiger partial charge < -0.3 is 28.5 Å². The van der Waals surface area contributed by atoms with Gasteiger partial charge >= 0.3 is 0 Å². The number of tetrazole rings is 1. The van der Waals surface area contributed by atoms with Crippen LogP contribution in [0.4, 0.5) is 0 Å². The van der Waals surface area contributed by atoms with Gasteiger partial charge in [0.05, 0.1) is 38.6 Å². The monoisotopic (exact) mass is 549 g/mol. The van der Waals surface area contributed by atoms with Crippen LogP contribution < -0.4 is 15.0 Å². The van der Waals surface area contributed by atoms with Crippen LogP contribution in [0.5, 0.6) is 11.5 Å². The average Bonchev–Trinajstić information content (AvgIpc) is 3.77. The molecule has 0 saturated carbocycles. The molecule has 13 heteroatoms. The number of hydrogen-bond acceptors (Lipinski definition) is 10. The molecule has 13 nitrogen and oxygen atoms in total. The summed E-state index contributed by atoms with van der Waals surface area (Å²) in [5.74, 6) is 1.77. The number of piperazine rings is 1. The molecule has 0 unspecified atom stereocenters. The first kappa shape index (κ1) is 26.0. The number of pyridine rings is 1. The summed E-state index contributed by atoms with van der Waals surface area (Å²) in [6.07, 6.45) is 3.42. The Labute approximate surface area is 229 Å². The quantitative estimate of drug-likeness (QED) is 0.346. The van der Waals surface area contributed by atoms with E-state index in [0.717, 1.165) is 18.2 Å². The fourth-order valence-corrected chi connectivity index (χ4v) is 5.51. The Balaban J connectivity index is 1.37. The number of carbonyl (C=O) groups is 1. The number of amides is 1. The van der Waals surface area contributed by atoms with Crippen molar-refractivity contribution in [2.75, 3.05) is 47.0 Å². The van der Waals surface area contributed by atoms with Crippen molar-refractivity contribution in [3.05, 3.63) is 64.1 Å². The van der Waals surface area contributed by atoms with Crippen LogP contribution in [-0.4, -0.2) is 94.0 Å². The lowest BCUT2D eigenvalue weighted by Gasteiger charge is -2.38. The molecule has 0 bridgehead atoms. The van der Waals surface area contributed by atoms with Gasteiger partial charge in [0.25, 0.3) is 11.5 Å². The van der Waals surface area contributed by atoms with Gasteiger partial charge in [0.2, 0.25) is 0 Å². The number of carbonyl (C=O) groups excluding carboxylic acids is 1. The Morgan fingerprint density at radius 1 is 1.15 bits per heavy atom. The minimum absolute atomic E-state index is 0.0114. The number of nitrogens with zero attached hydrogens (tertiary/aromatic N) is 6. The summed E-state index contributed by atoms with van der Waals surface area (Å²) >= 11 is 0. The molecule has 2 atom stereocenters. The van der Waals surface area contributed by atoms with Gasteiger partial charge in [0.15, 0.2) is 23.1 Å². The smallest absolute Gasteiger partial charge is 0.289 e. The van der Waals surface area contributed by atoms with Crippen LogP contribution >= 0.6 is 0 Å². The maximum absolute atomic E-state index is 13.6. The van der Waals surface area contributed by atoms with Crippen molar-refractivity contribution in [3.63, 3.8) is 0 Å². The zero-order chi connectivity index (χ0) is 27.6. The van der Waals surface area contributed by atoms with Gasteiger partial charge in [0, 0.05) is 49.8 Å². The number of fused-ring (bicyclic) bond motifs is 1. The number of methoxy groups -OCH3 is 2. The molecule has 210 valence electrons. The lowest BCUT2D eigenvalue weighted by Crippen LogP contribution is -2.50. The first-order valence-electron chi connectivity index (χ1n) is 13.3. The van der Waals surface area contributed by atoms with E-state index in [1.165, 1.54) is 6.26 Å². The van der Waals surface area contributed by atoms with Gasteiger partial charge in [-0.3, -0.25) is 14.5 Å². The minimum Gasteiger partial charge on any atom is -0.493 e. The average molecular weight is 550 g/mol. The number of hydrogen-bond donors (Lipinski definition) is 1. The van der Waals surface area contributed by atoms with Crippen LogP contribution in [0.3, 0.4) is 0 Å². The molecule has 40 heavy (non-hydrogen) atoms. The van der Waals surface area contributed by atoms with Crippen molar-refractivity contribution in [3.8, 4) is 11.5 Å². The number of ether oxygens (including phenoxy) is 3. The third kappa shape index (κ3) is 4.93. The summed E-state index contributed by atoms with van der Waals surface area (Å²) in [5, 5.41) is 13.4. The number of furan rings is 1. The van der Waals surface area contributed by atoms with Gasteiger partial charge in [-0.05, 0) is 47.5 Å². The highest BCUT2D eigenvalue weighted by Gasteiger charge is 2.35. The largest absolute Gasteiger partial charge is 0.493 e.